The lowest BCUT2D eigenvalue weighted by molar-refractivity contribution is 0.306. The topological polar surface area (TPSA) is 45.6 Å². The first-order chi connectivity index (χ1) is 9.26. The minimum absolute atomic E-state index is 0.489. The predicted molar refractivity (Wildman–Crippen MR) is 83.8 cm³/mol. The Balaban J connectivity index is 2.45. The zero-order valence-corrected chi connectivity index (χ0v) is 12.3. The van der Waals surface area contributed by atoms with Gasteiger partial charge in [0.05, 0.1) is 12.8 Å². The average molecular weight is 279 g/mol. The summed E-state index contributed by atoms with van der Waals surface area (Å²) in [5.41, 5.74) is 3.68. The molecule has 0 saturated carbocycles. The van der Waals surface area contributed by atoms with Crippen LogP contribution in [0, 0.1) is 0 Å². The Bertz CT molecular complexity index is 421. The van der Waals surface area contributed by atoms with Gasteiger partial charge in [-0.05, 0) is 36.3 Å². The van der Waals surface area contributed by atoms with E-state index in [2.05, 4.69) is 22.8 Å². The SMILES string of the molecule is CCCCCOc1cccc(/C=N/NC(=S)NC)c1. The van der Waals surface area contributed by atoms with E-state index in [1.807, 2.05) is 24.3 Å². The molecule has 0 aromatic heterocycles. The molecule has 0 spiro atoms. The molecule has 4 nitrogen and oxygen atoms in total. The molecular weight excluding hydrogens is 258 g/mol. The first kappa shape index (κ1) is 15.4. The molecule has 1 aromatic carbocycles. The van der Waals surface area contributed by atoms with E-state index in [9.17, 15) is 0 Å². The molecule has 0 aliphatic heterocycles. The largest absolute Gasteiger partial charge is 0.494 e. The van der Waals surface area contributed by atoms with Crippen LogP contribution in [0.4, 0.5) is 0 Å². The first-order valence-electron chi connectivity index (χ1n) is 6.50. The second kappa shape index (κ2) is 9.33. The van der Waals surface area contributed by atoms with Crippen molar-refractivity contribution in [3.8, 4) is 5.75 Å². The first-order valence-corrected chi connectivity index (χ1v) is 6.90. The molecule has 0 unspecified atom stereocenters. The Morgan fingerprint density at radius 1 is 1.42 bits per heavy atom. The van der Waals surface area contributed by atoms with Crippen molar-refractivity contribution >= 4 is 23.5 Å². The molecule has 104 valence electrons. The lowest BCUT2D eigenvalue weighted by Crippen LogP contribution is -2.28. The number of nitrogens with one attached hydrogen (secondary N) is 2. The summed E-state index contributed by atoms with van der Waals surface area (Å²) < 4.78 is 5.68. The summed E-state index contributed by atoms with van der Waals surface area (Å²) in [6.45, 7) is 2.94. The summed E-state index contributed by atoms with van der Waals surface area (Å²) in [5.74, 6) is 0.872. The van der Waals surface area contributed by atoms with Crippen molar-refractivity contribution in [1.29, 1.82) is 0 Å². The molecule has 0 saturated heterocycles. The predicted octanol–water partition coefficient (Wildman–Crippen LogP) is 2.68. The Hall–Kier alpha value is -1.62. The van der Waals surface area contributed by atoms with Gasteiger partial charge >= 0.3 is 0 Å². The van der Waals surface area contributed by atoms with E-state index in [4.69, 9.17) is 17.0 Å². The lowest BCUT2D eigenvalue weighted by Gasteiger charge is -2.06. The van der Waals surface area contributed by atoms with Crippen molar-refractivity contribution in [3.05, 3.63) is 29.8 Å². The molecule has 0 aliphatic rings. The molecule has 2 N–H and O–H groups in total. The monoisotopic (exact) mass is 279 g/mol. The Morgan fingerprint density at radius 3 is 3.00 bits per heavy atom. The third-order valence-corrected chi connectivity index (χ3v) is 2.78. The van der Waals surface area contributed by atoms with E-state index in [1.54, 1.807) is 13.3 Å². The maximum atomic E-state index is 5.68. The molecule has 5 heteroatoms. The average Bonchev–Trinajstić information content (AvgIpc) is 2.44. The minimum atomic E-state index is 0.489. The van der Waals surface area contributed by atoms with Crippen molar-refractivity contribution in [2.24, 2.45) is 5.10 Å². The maximum absolute atomic E-state index is 5.68. The highest BCUT2D eigenvalue weighted by Gasteiger charge is 1.95. The Labute approximate surface area is 120 Å². The van der Waals surface area contributed by atoms with Gasteiger partial charge in [0.15, 0.2) is 5.11 Å². The fourth-order valence-electron chi connectivity index (χ4n) is 1.45. The van der Waals surface area contributed by atoms with E-state index in [0.29, 0.717) is 5.11 Å². The summed E-state index contributed by atoms with van der Waals surface area (Å²) in [7, 11) is 1.75. The van der Waals surface area contributed by atoms with E-state index in [1.165, 1.54) is 12.8 Å². The van der Waals surface area contributed by atoms with Crippen molar-refractivity contribution in [2.45, 2.75) is 26.2 Å². The number of thiocarbonyl (C=S) groups is 1. The van der Waals surface area contributed by atoms with Gasteiger partial charge in [-0.25, -0.2) is 0 Å². The van der Waals surface area contributed by atoms with Gasteiger partial charge in [0.1, 0.15) is 5.75 Å². The van der Waals surface area contributed by atoms with Crippen LogP contribution in [0.25, 0.3) is 0 Å². The van der Waals surface area contributed by atoms with Gasteiger partial charge in [0.25, 0.3) is 0 Å². The van der Waals surface area contributed by atoms with Crippen LogP contribution in [0.1, 0.15) is 31.7 Å². The molecule has 1 rings (SSSR count). The van der Waals surface area contributed by atoms with E-state index in [0.717, 1.165) is 24.3 Å². The second-order valence-corrected chi connectivity index (χ2v) is 4.49. The summed E-state index contributed by atoms with van der Waals surface area (Å²) in [6.07, 6.45) is 5.20. The number of benzene rings is 1. The van der Waals surface area contributed by atoms with Crippen LogP contribution in [-0.2, 0) is 0 Å². The fraction of sp³-hybridized carbons (Fsp3) is 0.429. The maximum Gasteiger partial charge on any atom is 0.186 e. The molecule has 19 heavy (non-hydrogen) atoms. The van der Waals surface area contributed by atoms with Crippen LogP contribution in [-0.4, -0.2) is 25.0 Å². The normalized spacial score (nSPS) is 10.4. The highest BCUT2D eigenvalue weighted by molar-refractivity contribution is 7.80. The third kappa shape index (κ3) is 6.76. The van der Waals surface area contributed by atoms with Crippen LogP contribution in [0.2, 0.25) is 0 Å². The van der Waals surface area contributed by atoms with Gasteiger partial charge in [-0.1, -0.05) is 31.9 Å². The smallest absolute Gasteiger partial charge is 0.186 e. The number of hydrazone groups is 1. The number of unbranched alkanes of at least 4 members (excludes halogenated alkanes) is 2. The molecule has 0 atom stereocenters. The second-order valence-electron chi connectivity index (χ2n) is 4.08. The third-order valence-electron chi connectivity index (χ3n) is 2.48. The number of nitrogens with zero attached hydrogens (tertiary/aromatic N) is 1. The van der Waals surface area contributed by atoms with E-state index < -0.39 is 0 Å². The van der Waals surface area contributed by atoms with Crippen LogP contribution in [0.3, 0.4) is 0 Å². The molecule has 0 bridgehead atoms. The summed E-state index contributed by atoms with van der Waals surface area (Å²) in [5, 5.41) is 7.30. The highest BCUT2D eigenvalue weighted by Crippen LogP contribution is 2.12. The summed E-state index contributed by atoms with van der Waals surface area (Å²) in [6, 6.07) is 7.83. The quantitative estimate of drug-likeness (QED) is 0.349. The van der Waals surface area contributed by atoms with Crippen LogP contribution in [0.5, 0.6) is 5.75 Å². The molecule has 0 aliphatic carbocycles. The molecule has 0 radical (unpaired) electrons. The van der Waals surface area contributed by atoms with Crippen LogP contribution in [0.15, 0.2) is 29.4 Å². The molecule has 1 aromatic rings. The van der Waals surface area contributed by atoms with E-state index in [-0.39, 0.29) is 0 Å². The number of hydrogen-bond donors (Lipinski definition) is 2. The van der Waals surface area contributed by atoms with Crippen molar-refractivity contribution < 1.29 is 4.74 Å². The van der Waals surface area contributed by atoms with Crippen LogP contribution < -0.4 is 15.5 Å². The Morgan fingerprint density at radius 2 is 2.26 bits per heavy atom. The van der Waals surface area contributed by atoms with Gasteiger partial charge in [-0.2, -0.15) is 5.10 Å². The number of hydrogen-bond acceptors (Lipinski definition) is 3. The van der Waals surface area contributed by atoms with Gasteiger partial charge in [0.2, 0.25) is 0 Å². The zero-order valence-electron chi connectivity index (χ0n) is 11.5. The molecular formula is C14H21N3OS. The van der Waals surface area contributed by atoms with Gasteiger partial charge < -0.3 is 10.1 Å². The van der Waals surface area contributed by atoms with Crippen molar-refractivity contribution in [3.63, 3.8) is 0 Å². The number of rotatable bonds is 7. The van der Waals surface area contributed by atoms with E-state index >= 15 is 0 Å². The van der Waals surface area contributed by atoms with Gasteiger partial charge in [0, 0.05) is 7.05 Å². The summed E-state index contributed by atoms with van der Waals surface area (Å²) >= 11 is 4.92. The van der Waals surface area contributed by atoms with Gasteiger partial charge in [-0.15, -0.1) is 0 Å². The van der Waals surface area contributed by atoms with Gasteiger partial charge in [-0.3, -0.25) is 5.43 Å². The standard InChI is InChI=1S/C14H21N3OS/c1-3-4-5-9-18-13-8-6-7-12(10-13)11-16-17-14(19)15-2/h6-8,10-11H,3-5,9H2,1-2H3,(H2,15,17,19)/b16-11+. The summed E-state index contributed by atoms with van der Waals surface area (Å²) in [4.78, 5) is 0. The molecule has 0 fully saturated rings. The zero-order chi connectivity index (χ0) is 13.9. The molecule has 0 amide bonds. The minimum Gasteiger partial charge on any atom is -0.494 e. The molecule has 0 heterocycles. The highest BCUT2D eigenvalue weighted by atomic mass is 32.1. The lowest BCUT2D eigenvalue weighted by atomic mass is 10.2. The van der Waals surface area contributed by atoms with Crippen molar-refractivity contribution in [2.75, 3.05) is 13.7 Å². The number of ether oxygens (including phenoxy) is 1. The Kier molecular flexibility index (Phi) is 7.58. The van der Waals surface area contributed by atoms with Crippen molar-refractivity contribution in [1.82, 2.24) is 10.7 Å². The fourth-order valence-corrected chi connectivity index (χ4v) is 1.50. The van der Waals surface area contributed by atoms with Crippen LogP contribution >= 0.6 is 12.2 Å².